The fourth-order valence-corrected chi connectivity index (χ4v) is 2.34. The fraction of sp³-hybridized carbons (Fsp3) is 0.611. The molecular weight excluding hydrogens is 248 g/mol. The van der Waals surface area contributed by atoms with Gasteiger partial charge >= 0.3 is 5.97 Å². The Morgan fingerprint density at radius 3 is 2.15 bits per heavy atom. The molecule has 2 nitrogen and oxygen atoms in total. The average molecular weight is 276 g/mol. The van der Waals surface area contributed by atoms with Crippen LogP contribution in [0.2, 0.25) is 0 Å². The van der Waals surface area contributed by atoms with Crippen molar-refractivity contribution in [1.29, 1.82) is 0 Å². The number of ether oxygens (including phenoxy) is 1. The lowest BCUT2D eigenvalue weighted by Crippen LogP contribution is -2.31. The van der Waals surface area contributed by atoms with E-state index in [1.807, 2.05) is 30.3 Å². The van der Waals surface area contributed by atoms with E-state index >= 15 is 0 Å². The molecule has 0 saturated carbocycles. The molecule has 0 aliphatic rings. The highest BCUT2D eigenvalue weighted by atomic mass is 16.5. The Hall–Kier alpha value is -1.31. The molecule has 2 heteroatoms. The largest absolute Gasteiger partial charge is 0.426 e. The van der Waals surface area contributed by atoms with Gasteiger partial charge in [-0.1, -0.05) is 65.7 Å². The molecular formula is C18H28O2. The molecule has 0 fully saturated rings. The van der Waals surface area contributed by atoms with E-state index in [1.165, 1.54) is 0 Å². The summed E-state index contributed by atoms with van der Waals surface area (Å²) in [4.78, 5) is 12.4. The standard InChI is InChI=1S/C18H28O2/c1-6-18(5,7-2)13-16(14(3)4)17(19)20-15-11-9-8-10-12-15/h8-12,14,16H,6-7,13H2,1-5H3. The Morgan fingerprint density at radius 2 is 1.70 bits per heavy atom. The third-order valence-electron chi connectivity index (χ3n) is 4.49. The maximum Gasteiger partial charge on any atom is 0.314 e. The topological polar surface area (TPSA) is 26.3 Å². The Kier molecular flexibility index (Phi) is 6.25. The van der Waals surface area contributed by atoms with E-state index < -0.39 is 0 Å². The van der Waals surface area contributed by atoms with Gasteiger partial charge in [-0.05, 0) is 29.9 Å². The van der Waals surface area contributed by atoms with Crippen molar-refractivity contribution >= 4 is 5.97 Å². The number of hydrogen-bond acceptors (Lipinski definition) is 2. The van der Waals surface area contributed by atoms with Gasteiger partial charge in [-0.3, -0.25) is 4.79 Å². The Bertz CT molecular complexity index is 405. The molecule has 0 aliphatic carbocycles. The minimum absolute atomic E-state index is 0.0416. The zero-order valence-electron chi connectivity index (χ0n) is 13.5. The highest BCUT2D eigenvalue weighted by Crippen LogP contribution is 2.36. The second-order valence-electron chi connectivity index (χ2n) is 6.31. The van der Waals surface area contributed by atoms with Crippen LogP contribution in [-0.4, -0.2) is 5.97 Å². The van der Waals surface area contributed by atoms with E-state index in [0.717, 1.165) is 19.3 Å². The van der Waals surface area contributed by atoms with Gasteiger partial charge in [0.25, 0.3) is 0 Å². The van der Waals surface area contributed by atoms with E-state index in [1.54, 1.807) is 0 Å². The molecule has 1 unspecified atom stereocenters. The zero-order valence-corrected chi connectivity index (χ0v) is 13.5. The number of carbonyl (C=O) groups excluding carboxylic acids is 1. The summed E-state index contributed by atoms with van der Waals surface area (Å²) in [5, 5.41) is 0. The normalized spacial score (nSPS) is 13.3. The number of carbonyl (C=O) groups is 1. The first-order valence-electron chi connectivity index (χ1n) is 7.68. The highest BCUT2D eigenvalue weighted by Gasteiger charge is 2.32. The minimum Gasteiger partial charge on any atom is -0.426 e. The van der Waals surface area contributed by atoms with Crippen molar-refractivity contribution in [3.63, 3.8) is 0 Å². The van der Waals surface area contributed by atoms with Gasteiger partial charge in [-0.2, -0.15) is 0 Å². The SMILES string of the molecule is CCC(C)(CC)CC(C(=O)Oc1ccccc1)C(C)C. The van der Waals surface area contributed by atoms with Crippen LogP contribution < -0.4 is 4.74 Å². The van der Waals surface area contributed by atoms with E-state index in [-0.39, 0.29) is 17.3 Å². The van der Waals surface area contributed by atoms with Crippen LogP contribution in [0.3, 0.4) is 0 Å². The molecule has 1 rings (SSSR count). The third-order valence-corrected chi connectivity index (χ3v) is 4.49. The molecule has 112 valence electrons. The number of rotatable bonds is 7. The van der Waals surface area contributed by atoms with Crippen molar-refractivity contribution in [2.45, 2.75) is 53.9 Å². The fourth-order valence-electron chi connectivity index (χ4n) is 2.34. The molecule has 0 N–H and O–H groups in total. The zero-order chi connectivity index (χ0) is 15.2. The summed E-state index contributed by atoms with van der Waals surface area (Å²) in [6.45, 7) is 10.9. The van der Waals surface area contributed by atoms with Crippen molar-refractivity contribution in [2.24, 2.45) is 17.3 Å². The lowest BCUT2D eigenvalue weighted by molar-refractivity contribution is -0.141. The summed E-state index contributed by atoms with van der Waals surface area (Å²) in [5.41, 5.74) is 0.213. The monoisotopic (exact) mass is 276 g/mol. The molecule has 0 radical (unpaired) electrons. The summed E-state index contributed by atoms with van der Waals surface area (Å²) < 4.78 is 5.53. The smallest absolute Gasteiger partial charge is 0.314 e. The molecule has 0 aliphatic heterocycles. The maximum absolute atomic E-state index is 12.4. The summed E-state index contributed by atoms with van der Waals surface area (Å²) in [5.74, 6) is 0.793. The van der Waals surface area contributed by atoms with Crippen LogP contribution in [0, 0.1) is 17.3 Å². The van der Waals surface area contributed by atoms with Crippen LogP contribution in [0.1, 0.15) is 53.9 Å². The molecule has 0 bridgehead atoms. The quantitative estimate of drug-likeness (QED) is 0.512. The lowest BCUT2D eigenvalue weighted by Gasteiger charge is -2.32. The van der Waals surface area contributed by atoms with Crippen molar-refractivity contribution in [2.75, 3.05) is 0 Å². The number of para-hydroxylation sites is 1. The van der Waals surface area contributed by atoms with Gasteiger partial charge < -0.3 is 4.74 Å². The van der Waals surface area contributed by atoms with Crippen molar-refractivity contribution < 1.29 is 9.53 Å². The van der Waals surface area contributed by atoms with Crippen LogP contribution in [0.5, 0.6) is 5.75 Å². The highest BCUT2D eigenvalue weighted by molar-refractivity contribution is 5.75. The maximum atomic E-state index is 12.4. The molecule has 0 spiro atoms. The summed E-state index contributed by atoms with van der Waals surface area (Å²) in [6.07, 6.45) is 3.07. The molecule has 0 amide bonds. The van der Waals surface area contributed by atoms with Gasteiger partial charge in [0.05, 0.1) is 5.92 Å². The molecule has 0 saturated heterocycles. The molecule has 0 heterocycles. The van der Waals surface area contributed by atoms with Crippen molar-refractivity contribution in [3.8, 4) is 5.75 Å². The molecule has 1 aromatic carbocycles. The van der Waals surface area contributed by atoms with Gasteiger partial charge in [-0.25, -0.2) is 0 Å². The Morgan fingerprint density at radius 1 is 1.15 bits per heavy atom. The van der Waals surface area contributed by atoms with Crippen LogP contribution in [-0.2, 0) is 4.79 Å². The van der Waals surface area contributed by atoms with Crippen LogP contribution in [0.25, 0.3) is 0 Å². The van der Waals surface area contributed by atoms with Gasteiger partial charge in [0, 0.05) is 0 Å². The number of benzene rings is 1. The van der Waals surface area contributed by atoms with Crippen molar-refractivity contribution in [3.05, 3.63) is 30.3 Å². The van der Waals surface area contributed by atoms with Gasteiger partial charge in [0.1, 0.15) is 5.75 Å². The second-order valence-corrected chi connectivity index (χ2v) is 6.31. The first-order valence-corrected chi connectivity index (χ1v) is 7.68. The summed E-state index contributed by atoms with van der Waals surface area (Å²) in [6, 6.07) is 9.34. The van der Waals surface area contributed by atoms with E-state index in [4.69, 9.17) is 4.74 Å². The van der Waals surface area contributed by atoms with Crippen LogP contribution in [0.15, 0.2) is 30.3 Å². The Labute approximate surface area is 123 Å². The van der Waals surface area contributed by atoms with Gasteiger partial charge in [-0.15, -0.1) is 0 Å². The van der Waals surface area contributed by atoms with Gasteiger partial charge in [0.15, 0.2) is 0 Å². The van der Waals surface area contributed by atoms with Gasteiger partial charge in [0.2, 0.25) is 0 Å². The lowest BCUT2D eigenvalue weighted by atomic mass is 9.74. The van der Waals surface area contributed by atoms with Crippen LogP contribution in [0.4, 0.5) is 0 Å². The number of esters is 1. The molecule has 1 aromatic rings. The number of hydrogen-bond donors (Lipinski definition) is 0. The molecule has 20 heavy (non-hydrogen) atoms. The second kappa shape index (κ2) is 7.47. The van der Waals surface area contributed by atoms with E-state index in [2.05, 4.69) is 34.6 Å². The van der Waals surface area contributed by atoms with E-state index in [0.29, 0.717) is 11.7 Å². The van der Waals surface area contributed by atoms with Crippen molar-refractivity contribution in [1.82, 2.24) is 0 Å². The van der Waals surface area contributed by atoms with E-state index in [9.17, 15) is 4.79 Å². The molecule has 0 aromatic heterocycles. The third kappa shape index (κ3) is 4.66. The summed E-state index contributed by atoms with van der Waals surface area (Å²) >= 11 is 0. The average Bonchev–Trinajstić information content (AvgIpc) is 2.45. The molecule has 1 atom stereocenters. The summed E-state index contributed by atoms with van der Waals surface area (Å²) in [7, 11) is 0. The first kappa shape index (κ1) is 16.7. The Balaban J connectivity index is 2.78. The predicted octanol–water partition coefficient (Wildman–Crippen LogP) is 5.08. The first-order chi connectivity index (χ1) is 9.41. The minimum atomic E-state index is -0.0978. The predicted molar refractivity (Wildman–Crippen MR) is 83.7 cm³/mol. The van der Waals surface area contributed by atoms with Crippen LogP contribution >= 0.6 is 0 Å².